The van der Waals surface area contributed by atoms with Crippen molar-refractivity contribution >= 4 is 33.9 Å². The quantitative estimate of drug-likeness (QED) is 0.159. The van der Waals surface area contributed by atoms with Crippen LogP contribution in [0.2, 0.25) is 0 Å². The predicted octanol–water partition coefficient (Wildman–Crippen LogP) is 10.2. The number of hydrogen-bond acceptors (Lipinski definition) is 3. The first-order chi connectivity index (χ1) is 22.1. The molecule has 230 valence electrons. The van der Waals surface area contributed by atoms with Crippen molar-refractivity contribution in [1.82, 2.24) is 19.5 Å². The number of aromatic nitrogens is 4. The Balaban J connectivity index is 1.30. The van der Waals surface area contributed by atoms with E-state index < -0.39 is 0 Å². The van der Waals surface area contributed by atoms with E-state index in [1.165, 1.54) is 47.4 Å². The Morgan fingerprint density at radius 2 is 1.46 bits per heavy atom. The van der Waals surface area contributed by atoms with Gasteiger partial charge in [-0.25, -0.2) is 0 Å². The fraction of sp³-hybridized carbons (Fsp3) is 0.244. The molecule has 4 heterocycles. The third-order valence-electron chi connectivity index (χ3n) is 9.24. The minimum absolute atomic E-state index is 0.153. The van der Waals surface area contributed by atoms with E-state index in [0.717, 1.165) is 28.5 Å². The Morgan fingerprint density at radius 1 is 0.739 bits per heavy atom. The van der Waals surface area contributed by atoms with Gasteiger partial charge in [-0.3, -0.25) is 0 Å². The van der Waals surface area contributed by atoms with Crippen LogP contribution in [-0.4, -0.2) is 34.0 Å². The summed E-state index contributed by atoms with van der Waals surface area (Å²) in [5.41, 5.74) is 10.3. The summed E-state index contributed by atoms with van der Waals surface area (Å²) >= 11 is 0.153. The summed E-state index contributed by atoms with van der Waals surface area (Å²) < 4.78 is 4.89. The summed E-state index contributed by atoms with van der Waals surface area (Å²) in [6, 6.07) is 33.0. The van der Waals surface area contributed by atoms with Crippen molar-refractivity contribution in [1.29, 1.82) is 0 Å². The standard InChI is InChI=1S/C41H40N4Se/c1-25(2)30-14-9-15-31(26(3)4)37(30)45-23-22-42-39(45)28-12-8-13-29(24-28)41(6,7)36-19-11-18-35(44-36)34-17-10-16-32-33-21-20-27(5)43-40(33)46-38(32)34/h8-26H,1-7H3. The van der Waals surface area contributed by atoms with Crippen molar-refractivity contribution in [2.75, 3.05) is 0 Å². The molecule has 0 atom stereocenters. The molecule has 5 heteroatoms. The van der Waals surface area contributed by atoms with E-state index in [9.17, 15) is 0 Å². The van der Waals surface area contributed by atoms with Gasteiger partial charge in [-0.05, 0) is 23.0 Å². The first kappa shape index (κ1) is 30.3. The van der Waals surface area contributed by atoms with Crippen LogP contribution in [0.25, 0.3) is 47.8 Å². The van der Waals surface area contributed by atoms with Crippen LogP contribution in [0, 0.1) is 6.92 Å². The molecule has 0 saturated heterocycles. The molecule has 0 saturated carbocycles. The Labute approximate surface area is 278 Å². The second-order valence-corrected chi connectivity index (χ2v) is 15.5. The van der Waals surface area contributed by atoms with Crippen LogP contribution in [-0.2, 0) is 5.41 Å². The van der Waals surface area contributed by atoms with Gasteiger partial charge in [0.1, 0.15) is 0 Å². The Kier molecular flexibility index (Phi) is 7.79. The van der Waals surface area contributed by atoms with Gasteiger partial charge in [0.2, 0.25) is 0 Å². The summed E-state index contributed by atoms with van der Waals surface area (Å²) in [4.78, 5) is 15.1. The zero-order valence-electron chi connectivity index (χ0n) is 27.7. The van der Waals surface area contributed by atoms with Gasteiger partial charge in [-0.1, -0.05) is 45.9 Å². The normalized spacial score (nSPS) is 12.2. The number of imidazole rings is 1. The second kappa shape index (κ2) is 11.8. The predicted molar refractivity (Wildman–Crippen MR) is 193 cm³/mol. The third kappa shape index (κ3) is 5.22. The molecule has 4 aromatic heterocycles. The molecule has 7 rings (SSSR count). The molecule has 0 spiro atoms. The fourth-order valence-electron chi connectivity index (χ4n) is 6.59. The van der Waals surface area contributed by atoms with Gasteiger partial charge >= 0.3 is 210 Å². The van der Waals surface area contributed by atoms with Crippen molar-refractivity contribution in [3.63, 3.8) is 0 Å². The number of pyridine rings is 2. The second-order valence-electron chi connectivity index (χ2n) is 13.4. The molecule has 46 heavy (non-hydrogen) atoms. The Hall–Kier alpha value is -4.31. The van der Waals surface area contributed by atoms with Crippen molar-refractivity contribution in [3.8, 4) is 28.3 Å². The molecule has 7 aromatic rings. The van der Waals surface area contributed by atoms with Gasteiger partial charge in [0, 0.05) is 0 Å². The van der Waals surface area contributed by atoms with E-state index in [4.69, 9.17) is 15.0 Å². The van der Waals surface area contributed by atoms with E-state index in [2.05, 4.69) is 150 Å². The molecule has 0 aliphatic heterocycles. The molecular weight excluding hydrogens is 627 g/mol. The van der Waals surface area contributed by atoms with Gasteiger partial charge in [-0.2, -0.15) is 0 Å². The van der Waals surface area contributed by atoms with Crippen LogP contribution in [0.4, 0.5) is 0 Å². The summed E-state index contributed by atoms with van der Waals surface area (Å²) in [7, 11) is 0. The van der Waals surface area contributed by atoms with Gasteiger partial charge in [-0.15, -0.1) is 0 Å². The van der Waals surface area contributed by atoms with Crippen molar-refractivity contribution in [2.24, 2.45) is 0 Å². The van der Waals surface area contributed by atoms with Crippen LogP contribution in [0.5, 0.6) is 0 Å². The van der Waals surface area contributed by atoms with E-state index >= 15 is 0 Å². The Morgan fingerprint density at radius 3 is 2.22 bits per heavy atom. The zero-order chi connectivity index (χ0) is 32.2. The van der Waals surface area contributed by atoms with E-state index in [1.807, 2.05) is 6.20 Å². The van der Waals surface area contributed by atoms with Crippen molar-refractivity contribution < 1.29 is 0 Å². The number of para-hydroxylation sites is 1. The molecule has 0 amide bonds. The summed E-state index contributed by atoms with van der Waals surface area (Å²) in [5, 5.41) is 2.57. The number of nitrogens with zero attached hydrogens (tertiary/aromatic N) is 4. The molecular formula is C41H40N4Se. The minimum atomic E-state index is -0.326. The number of rotatable bonds is 7. The van der Waals surface area contributed by atoms with Crippen LogP contribution in [0.3, 0.4) is 0 Å². The molecule has 0 aliphatic carbocycles. The molecule has 0 N–H and O–H groups in total. The molecule has 3 aromatic carbocycles. The molecule has 4 nitrogen and oxygen atoms in total. The molecule has 0 bridgehead atoms. The molecule has 0 fully saturated rings. The average molecular weight is 668 g/mol. The van der Waals surface area contributed by atoms with Crippen LogP contribution < -0.4 is 0 Å². The van der Waals surface area contributed by atoms with Crippen LogP contribution in [0.15, 0.2) is 103 Å². The van der Waals surface area contributed by atoms with Gasteiger partial charge in [0.15, 0.2) is 0 Å². The first-order valence-electron chi connectivity index (χ1n) is 16.2. The van der Waals surface area contributed by atoms with Crippen molar-refractivity contribution in [3.05, 3.63) is 131 Å². The first-order valence-corrected chi connectivity index (χ1v) is 17.9. The Bertz CT molecular complexity index is 2190. The number of fused-ring (bicyclic) bond motifs is 3. The SMILES string of the molecule is Cc1ccc2c(n1)[se]c1c(-c3cccc(C(C)(C)c4cccc(-c5nccn5-c5c(C(C)C)cccc5C(C)C)c4)n3)cccc12. The van der Waals surface area contributed by atoms with Gasteiger partial charge in [0.05, 0.1) is 0 Å². The summed E-state index contributed by atoms with van der Waals surface area (Å²) in [5.74, 6) is 1.75. The topological polar surface area (TPSA) is 43.6 Å². The monoisotopic (exact) mass is 668 g/mol. The molecule has 0 aliphatic rings. The maximum atomic E-state index is 5.34. The number of aryl methyl sites for hydroxylation is 1. The number of hydrogen-bond donors (Lipinski definition) is 0. The zero-order valence-corrected chi connectivity index (χ0v) is 29.4. The van der Waals surface area contributed by atoms with Crippen molar-refractivity contribution in [2.45, 2.75) is 65.7 Å². The molecule has 0 unspecified atom stereocenters. The van der Waals surface area contributed by atoms with E-state index in [-0.39, 0.29) is 19.9 Å². The van der Waals surface area contributed by atoms with E-state index in [1.54, 1.807) is 0 Å². The van der Waals surface area contributed by atoms with E-state index in [0.29, 0.717) is 11.8 Å². The summed E-state index contributed by atoms with van der Waals surface area (Å²) in [6.45, 7) is 15.7. The summed E-state index contributed by atoms with van der Waals surface area (Å²) in [6.07, 6.45) is 4.04. The maximum absolute atomic E-state index is 5.34. The fourth-order valence-corrected chi connectivity index (χ4v) is 9.19. The van der Waals surface area contributed by atoms with Gasteiger partial charge < -0.3 is 0 Å². The average Bonchev–Trinajstić information content (AvgIpc) is 3.69. The van der Waals surface area contributed by atoms with Crippen LogP contribution >= 0.6 is 0 Å². The third-order valence-corrected chi connectivity index (χ3v) is 11.6. The number of benzene rings is 3. The molecule has 0 radical (unpaired) electrons. The van der Waals surface area contributed by atoms with Crippen LogP contribution in [0.1, 0.15) is 81.5 Å². The van der Waals surface area contributed by atoms with Gasteiger partial charge in [0.25, 0.3) is 0 Å².